The van der Waals surface area contributed by atoms with Crippen molar-refractivity contribution in [3.05, 3.63) is 107 Å². The van der Waals surface area contributed by atoms with Crippen LogP contribution in [0.3, 0.4) is 0 Å². The minimum atomic E-state index is -0.833. The summed E-state index contributed by atoms with van der Waals surface area (Å²) in [6.07, 6.45) is 4.13. The Morgan fingerprint density at radius 3 is 2.58 bits per heavy atom. The third-order valence-electron chi connectivity index (χ3n) is 6.38. The first-order valence-electron chi connectivity index (χ1n) is 11.9. The molecule has 1 aromatic heterocycles. The number of aliphatic hydroxyl groups excluding tert-OH is 1. The van der Waals surface area contributed by atoms with Crippen LogP contribution in [-0.4, -0.2) is 28.4 Å². The minimum absolute atomic E-state index is 0.0301. The molecule has 1 unspecified atom stereocenters. The van der Waals surface area contributed by atoms with Crippen molar-refractivity contribution in [3.8, 4) is 5.75 Å². The van der Waals surface area contributed by atoms with E-state index in [0.29, 0.717) is 29.2 Å². The van der Waals surface area contributed by atoms with E-state index in [1.165, 1.54) is 4.90 Å². The number of aryl methyl sites for hydroxylation is 1. The number of pyridine rings is 1. The van der Waals surface area contributed by atoms with E-state index in [4.69, 9.17) is 4.74 Å². The number of nitrogens with zero attached hydrogens (tertiary/aromatic N) is 2. The van der Waals surface area contributed by atoms with Gasteiger partial charge in [-0.15, -0.1) is 0 Å². The van der Waals surface area contributed by atoms with Crippen LogP contribution in [0.15, 0.2) is 90.8 Å². The first kappa shape index (κ1) is 23.3. The van der Waals surface area contributed by atoms with Crippen molar-refractivity contribution in [2.24, 2.45) is 0 Å². The Labute approximate surface area is 209 Å². The lowest BCUT2D eigenvalue weighted by molar-refractivity contribution is -0.132. The summed E-state index contributed by atoms with van der Waals surface area (Å²) >= 11 is 0. The Bertz CT molecular complexity index is 1490. The molecule has 1 amide bonds. The predicted molar refractivity (Wildman–Crippen MR) is 140 cm³/mol. The number of ether oxygens (including phenoxy) is 1. The molecule has 0 saturated carbocycles. The first-order chi connectivity index (χ1) is 17.5. The predicted octanol–water partition coefficient (Wildman–Crippen LogP) is 5.96. The van der Waals surface area contributed by atoms with Crippen LogP contribution < -0.4 is 9.64 Å². The molecule has 1 N–H and O–H groups in total. The van der Waals surface area contributed by atoms with Crippen molar-refractivity contribution in [2.45, 2.75) is 26.3 Å². The van der Waals surface area contributed by atoms with Crippen LogP contribution in [0.4, 0.5) is 5.69 Å². The second kappa shape index (κ2) is 9.66. The Hall–Kier alpha value is -4.45. The fraction of sp³-hybridized carbons (Fsp3) is 0.167. The smallest absolute Gasteiger partial charge is 0.300 e. The van der Waals surface area contributed by atoms with Crippen LogP contribution >= 0.6 is 0 Å². The number of Topliss-reactive ketones (excluding diaryl/α,β-unsaturated/α-hetero) is 1. The molecule has 0 spiro atoms. The summed E-state index contributed by atoms with van der Waals surface area (Å²) in [5, 5.41) is 13.2. The summed E-state index contributed by atoms with van der Waals surface area (Å²) in [4.78, 5) is 32.7. The van der Waals surface area contributed by atoms with Crippen molar-refractivity contribution in [3.63, 3.8) is 0 Å². The maximum atomic E-state index is 13.5. The molecule has 1 aliphatic heterocycles. The van der Waals surface area contributed by atoms with Crippen LogP contribution in [0.5, 0.6) is 5.75 Å². The number of amides is 1. The Balaban J connectivity index is 1.70. The summed E-state index contributed by atoms with van der Waals surface area (Å²) in [6.45, 7) is 4.50. The quantitative estimate of drug-likeness (QED) is 0.210. The van der Waals surface area contributed by atoms with Crippen molar-refractivity contribution >= 4 is 33.9 Å². The van der Waals surface area contributed by atoms with Gasteiger partial charge in [-0.1, -0.05) is 49.4 Å². The largest absolute Gasteiger partial charge is 0.507 e. The lowest BCUT2D eigenvalue weighted by atomic mass is 9.95. The van der Waals surface area contributed by atoms with E-state index in [1.54, 1.807) is 36.7 Å². The van der Waals surface area contributed by atoms with Crippen LogP contribution in [0.1, 0.15) is 36.1 Å². The lowest BCUT2D eigenvalue weighted by Crippen LogP contribution is -2.29. The number of anilines is 1. The van der Waals surface area contributed by atoms with Gasteiger partial charge in [0.25, 0.3) is 11.7 Å². The summed E-state index contributed by atoms with van der Waals surface area (Å²) in [7, 11) is 0. The van der Waals surface area contributed by atoms with Gasteiger partial charge in [0.15, 0.2) is 0 Å². The highest BCUT2D eigenvalue weighted by Gasteiger charge is 2.47. The number of aromatic nitrogens is 1. The van der Waals surface area contributed by atoms with Crippen molar-refractivity contribution in [1.29, 1.82) is 0 Å². The monoisotopic (exact) mass is 478 g/mol. The molecule has 2 heterocycles. The van der Waals surface area contributed by atoms with E-state index >= 15 is 0 Å². The van der Waals surface area contributed by atoms with Gasteiger partial charge in [-0.3, -0.25) is 19.5 Å². The van der Waals surface area contributed by atoms with Crippen molar-refractivity contribution in [2.75, 3.05) is 11.5 Å². The molecule has 6 heteroatoms. The van der Waals surface area contributed by atoms with E-state index in [9.17, 15) is 14.7 Å². The highest BCUT2D eigenvalue weighted by molar-refractivity contribution is 6.52. The van der Waals surface area contributed by atoms with Gasteiger partial charge in [-0.25, -0.2) is 0 Å². The average Bonchev–Trinajstić information content (AvgIpc) is 3.17. The number of carbonyl (C=O) groups is 2. The highest BCUT2D eigenvalue weighted by atomic mass is 16.5. The van der Waals surface area contributed by atoms with Crippen LogP contribution in [0.2, 0.25) is 0 Å². The molecule has 0 aliphatic carbocycles. The molecule has 1 atom stereocenters. The summed E-state index contributed by atoms with van der Waals surface area (Å²) in [5.74, 6) is -0.942. The lowest BCUT2D eigenvalue weighted by Gasteiger charge is -2.26. The molecule has 5 rings (SSSR count). The molecular formula is C30H26N2O4. The second-order valence-corrected chi connectivity index (χ2v) is 8.78. The number of fused-ring (bicyclic) bond motifs is 1. The molecule has 1 aliphatic rings. The standard InChI is InChI=1S/C30H26N2O4/c1-3-16-36-25-14-13-21(17-19(25)2)28(33)26-27(22-10-7-15-31-18-22)32(30(35)29(26)34)24-12-6-9-20-8-4-5-11-23(20)24/h4-15,17-18,27,33H,3,16H2,1-2H3/b28-26+. The van der Waals surface area contributed by atoms with Gasteiger partial charge in [0.2, 0.25) is 0 Å². The summed E-state index contributed by atoms with van der Waals surface area (Å²) in [5.41, 5.74) is 2.53. The molecule has 0 radical (unpaired) electrons. The van der Waals surface area contributed by atoms with Crippen molar-refractivity contribution in [1.82, 2.24) is 4.98 Å². The number of benzene rings is 3. The number of ketones is 1. The first-order valence-corrected chi connectivity index (χ1v) is 11.9. The highest BCUT2D eigenvalue weighted by Crippen LogP contribution is 2.44. The molecule has 1 fully saturated rings. The van der Waals surface area contributed by atoms with Crippen LogP contribution in [-0.2, 0) is 9.59 Å². The van der Waals surface area contributed by atoms with E-state index in [0.717, 1.165) is 22.8 Å². The summed E-state index contributed by atoms with van der Waals surface area (Å²) in [6, 6.07) is 21.3. The topological polar surface area (TPSA) is 79.7 Å². The molecule has 0 bridgehead atoms. The molecule has 6 nitrogen and oxygen atoms in total. The van der Waals surface area contributed by atoms with E-state index in [-0.39, 0.29) is 11.3 Å². The summed E-state index contributed by atoms with van der Waals surface area (Å²) < 4.78 is 5.76. The van der Waals surface area contributed by atoms with Gasteiger partial charge in [0.05, 0.1) is 23.9 Å². The van der Waals surface area contributed by atoms with Gasteiger partial charge in [-0.2, -0.15) is 0 Å². The Morgan fingerprint density at radius 1 is 1.03 bits per heavy atom. The van der Waals surface area contributed by atoms with E-state index < -0.39 is 17.7 Å². The maximum absolute atomic E-state index is 13.5. The van der Waals surface area contributed by atoms with Gasteiger partial charge in [0, 0.05) is 23.3 Å². The SMILES string of the molecule is CCCOc1ccc(/C(O)=C2\C(=O)C(=O)N(c3cccc4ccccc34)C2c2cccnc2)cc1C. The molecule has 180 valence electrons. The van der Waals surface area contributed by atoms with E-state index in [1.807, 2.05) is 62.4 Å². The van der Waals surface area contributed by atoms with Gasteiger partial charge in [-0.05, 0) is 60.2 Å². The number of rotatable bonds is 6. The van der Waals surface area contributed by atoms with E-state index in [2.05, 4.69) is 4.98 Å². The van der Waals surface area contributed by atoms with Gasteiger partial charge < -0.3 is 9.84 Å². The van der Waals surface area contributed by atoms with Gasteiger partial charge in [0.1, 0.15) is 11.5 Å². The number of hydrogen-bond acceptors (Lipinski definition) is 5. The fourth-order valence-corrected chi connectivity index (χ4v) is 4.68. The van der Waals surface area contributed by atoms with Crippen LogP contribution in [0, 0.1) is 6.92 Å². The molecule has 1 saturated heterocycles. The third-order valence-corrected chi connectivity index (χ3v) is 6.38. The average molecular weight is 479 g/mol. The minimum Gasteiger partial charge on any atom is -0.507 e. The van der Waals surface area contributed by atoms with Gasteiger partial charge >= 0.3 is 0 Å². The zero-order valence-electron chi connectivity index (χ0n) is 20.1. The molecule has 36 heavy (non-hydrogen) atoms. The maximum Gasteiger partial charge on any atom is 0.300 e. The normalized spacial score (nSPS) is 17.1. The van der Waals surface area contributed by atoms with Crippen LogP contribution in [0.25, 0.3) is 16.5 Å². The molecule has 4 aromatic rings. The molecule has 3 aromatic carbocycles. The Kier molecular flexibility index (Phi) is 6.25. The number of aliphatic hydroxyl groups is 1. The fourth-order valence-electron chi connectivity index (χ4n) is 4.68. The third kappa shape index (κ3) is 4.01. The van der Waals surface area contributed by atoms with Crippen molar-refractivity contribution < 1.29 is 19.4 Å². The molecular weight excluding hydrogens is 452 g/mol. The zero-order chi connectivity index (χ0) is 25.2. The number of hydrogen-bond donors (Lipinski definition) is 1. The Morgan fingerprint density at radius 2 is 1.83 bits per heavy atom. The zero-order valence-corrected chi connectivity index (χ0v) is 20.1. The number of carbonyl (C=O) groups excluding carboxylic acids is 2. The second-order valence-electron chi connectivity index (χ2n) is 8.78.